The largest absolute Gasteiger partial charge is 0.496 e. The molecule has 156 valence electrons. The quantitative estimate of drug-likeness (QED) is 0.241. The fourth-order valence-corrected chi connectivity index (χ4v) is 3.91. The van der Waals surface area contributed by atoms with Crippen LogP contribution in [-0.2, 0) is 6.54 Å². The lowest BCUT2D eigenvalue weighted by Gasteiger charge is -2.11. The maximum absolute atomic E-state index is 12.7. The van der Waals surface area contributed by atoms with Crippen molar-refractivity contribution in [3.8, 4) is 5.75 Å². The molecule has 1 heterocycles. The number of carbonyl (C=O) groups excluding carboxylic acids is 1. The number of nitrogens with zero attached hydrogens (tertiary/aromatic N) is 2. The highest BCUT2D eigenvalue weighted by Gasteiger charge is 2.12. The van der Waals surface area contributed by atoms with E-state index in [-0.39, 0.29) is 5.78 Å². The van der Waals surface area contributed by atoms with Gasteiger partial charge >= 0.3 is 0 Å². The molecule has 0 atom stereocenters. The summed E-state index contributed by atoms with van der Waals surface area (Å²) in [5.74, 6) is 0.771. The second kappa shape index (κ2) is 8.90. The van der Waals surface area contributed by atoms with Gasteiger partial charge in [-0.15, -0.1) is 0 Å². The molecule has 31 heavy (non-hydrogen) atoms. The molecule has 4 nitrogen and oxygen atoms in total. The molecule has 0 amide bonds. The molecule has 0 fully saturated rings. The number of ether oxygens (including phenoxy) is 1. The molecule has 0 N–H and O–H groups in total. The van der Waals surface area contributed by atoms with E-state index in [1.54, 1.807) is 13.2 Å². The molecule has 3 aromatic carbocycles. The highest BCUT2D eigenvalue weighted by atomic mass is 79.9. The number of fused-ring (bicyclic) bond motifs is 1. The molecule has 0 saturated carbocycles. The molecular formula is C26H23BrN2O2. The third kappa shape index (κ3) is 4.47. The average molecular weight is 475 g/mol. The predicted octanol–water partition coefficient (Wildman–Crippen LogP) is 6.37. The molecular weight excluding hydrogens is 452 g/mol. The number of rotatable bonds is 6. The molecule has 0 bridgehead atoms. The van der Waals surface area contributed by atoms with Crippen molar-refractivity contribution in [2.24, 2.45) is 0 Å². The Balaban J connectivity index is 1.58. The van der Waals surface area contributed by atoms with E-state index >= 15 is 0 Å². The van der Waals surface area contributed by atoms with Crippen molar-refractivity contribution in [3.63, 3.8) is 0 Å². The van der Waals surface area contributed by atoms with Crippen LogP contribution in [0.5, 0.6) is 5.75 Å². The maximum atomic E-state index is 12.7. The van der Waals surface area contributed by atoms with Crippen LogP contribution >= 0.6 is 15.9 Å². The number of hydrogen-bond donors (Lipinski definition) is 0. The van der Waals surface area contributed by atoms with Crippen LogP contribution in [0.3, 0.4) is 0 Å². The number of carbonyl (C=O) groups is 1. The Labute approximate surface area is 190 Å². The summed E-state index contributed by atoms with van der Waals surface area (Å²) in [6.45, 7) is 4.59. The minimum atomic E-state index is -0.0226. The summed E-state index contributed by atoms with van der Waals surface area (Å²) in [6.07, 6.45) is 3.47. The van der Waals surface area contributed by atoms with Gasteiger partial charge in [0.05, 0.1) is 29.5 Å². The lowest BCUT2D eigenvalue weighted by Crippen LogP contribution is -2.06. The average Bonchev–Trinajstić information content (AvgIpc) is 3.03. The van der Waals surface area contributed by atoms with Gasteiger partial charge in [0.1, 0.15) is 5.75 Å². The Hall–Kier alpha value is -3.18. The van der Waals surface area contributed by atoms with Crippen molar-refractivity contribution in [2.45, 2.75) is 20.4 Å². The van der Waals surface area contributed by atoms with Crippen LogP contribution in [0.4, 0.5) is 0 Å². The van der Waals surface area contributed by atoms with E-state index in [0.717, 1.165) is 43.5 Å². The van der Waals surface area contributed by atoms with Crippen molar-refractivity contribution in [3.05, 3.63) is 99.3 Å². The summed E-state index contributed by atoms with van der Waals surface area (Å²) in [6, 6.07) is 19.7. The minimum Gasteiger partial charge on any atom is -0.496 e. The summed E-state index contributed by atoms with van der Waals surface area (Å²) >= 11 is 3.58. The van der Waals surface area contributed by atoms with E-state index in [4.69, 9.17) is 4.74 Å². The summed E-state index contributed by atoms with van der Waals surface area (Å²) in [5, 5.41) is 6.77. The lowest BCUT2D eigenvalue weighted by molar-refractivity contribution is 0.104. The normalized spacial score (nSPS) is 11.4. The maximum Gasteiger partial charge on any atom is 0.185 e. The molecule has 0 aliphatic rings. The zero-order valence-corrected chi connectivity index (χ0v) is 19.3. The molecule has 5 heteroatoms. The number of benzene rings is 3. The highest BCUT2D eigenvalue weighted by Crippen LogP contribution is 2.25. The fraction of sp³-hybridized carbons (Fsp3) is 0.154. The van der Waals surface area contributed by atoms with E-state index < -0.39 is 0 Å². The lowest BCUT2D eigenvalue weighted by atomic mass is 10.0. The van der Waals surface area contributed by atoms with Gasteiger partial charge in [-0.1, -0.05) is 48.5 Å². The first-order valence-electron chi connectivity index (χ1n) is 10.0. The van der Waals surface area contributed by atoms with Gasteiger partial charge in [0, 0.05) is 11.1 Å². The van der Waals surface area contributed by atoms with E-state index in [2.05, 4.69) is 21.0 Å². The highest BCUT2D eigenvalue weighted by molar-refractivity contribution is 9.10. The Kier molecular flexibility index (Phi) is 6.05. The van der Waals surface area contributed by atoms with Gasteiger partial charge in [0.25, 0.3) is 0 Å². The van der Waals surface area contributed by atoms with Crippen molar-refractivity contribution < 1.29 is 9.53 Å². The summed E-state index contributed by atoms with van der Waals surface area (Å²) in [5.41, 5.74) is 4.63. The Morgan fingerprint density at radius 2 is 1.84 bits per heavy atom. The van der Waals surface area contributed by atoms with Crippen molar-refractivity contribution >= 4 is 38.6 Å². The Bertz CT molecular complexity index is 1300. The Morgan fingerprint density at radius 3 is 2.55 bits per heavy atom. The van der Waals surface area contributed by atoms with Gasteiger partial charge in [0.2, 0.25) is 0 Å². The first-order chi connectivity index (χ1) is 15.0. The number of aryl methyl sites for hydroxylation is 1. The number of aromatic nitrogens is 2. The first kappa shape index (κ1) is 21.1. The molecule has 0 aliphatic heterocycles. The van der Waals surface area contributed by atoms with Crippen LogP contribution in [0.1, 0.15) is 32.9 Å². The molecule has 1 aromatic heterocycles. The van der Waals surface area contributed by atoms with Crippen LogP contribution in [0, 0.1) is 13.8 Å². The summed E-state index contributed by atoms with van der Waals surface area (Å²) in [4.78, 5) is 12.7. The van der Waals surface area contributed by atoms with Gasteiger partial charge in [-0.2, -0.15) is 5.10 Å². The van der Waals surface area contributed by atoms with E-state index in [1.165, 1.54) is 0 Å². The molecule has 0 radical (unpaired) electrons. The van der Waals surface area contributed by atoms with Crippen molar-refractivity contribution in [1.82, 2.24) is 9.78 Å². The van der Waals surface area contributed by atoms with Gasteiger partial charge in [-0.3, -0.25) is 9.48 Å². The summed E-state index contributed by atoms with van der Waals surface area (Å²) < 4.78 is 8.51. The molecule has 4 rings (SSSR count). The molecule has 0 spiro atoms. The SMILES string of the molecule is COc1ccc(/C=C/C(=O)c2ccc3ccccc3c2)cc1Cn1nc(C)c(Br)c1C. The number of hydrogen-bond acceptors (Lipinski definition) is 3. The fourth-order valence-electron chi connectivity index (χ4n) is 3.63. The number of ketones is 1. The van der Waals surface area contributed by atoms with Crippen LogP contribution in [-0.4, -0.2) is 22.7 Å². The zero-order valence-electron chi connectivity index (χ0n) is 17.7. The van der Waals surface area contributed by atoms with Gasteiger partial charge in [-0.05, 0) is 70.4 Å². The molecule has 4 aromatic rings. The standard InChI is InChI=1S/C26H23BrN2O2/c1-17-26(27)18(2)29(28-17)16-23-14-19(9-13-25(23)31-3)8-12-24(30)22-11-10-20-6-4-5-7-21(20)15-22/h4-15H,16H2,1-3H3/b12-8+. The smallest absolute Gasteiger partial charge is 0.185 e. The second-order valence-corrected chi connectivity index (χ2v) is 8.27. The summed E-state index contributed by atoms with van der Waals surface area (Å²) in [7, 11) is 1.66. The predicted molar refractivity (Wildman–Crippen MR) is 129 cm³/mol. The second-order valence-electron chi connectivity index (χ2n) is 7.47. The van der Waals surface area contributed by atoms with Gasteiger partial charge in [0.15, 0.2) is 5.78 Å². The Morgan fingerprint density at radius 1 is 1.06 bits per heavy atom. The van der Waals surface area contributed by atoms with E-state index in [0.29, 0.717) is 12.1 Å². The van der Waals surface area contributed by atoms with E-state index in [9.17, 15) is 4.79 Å². The molecule has 0 aliphatic carbocycles. The van der Waals surface area contributed by atoms with Crippen molar-refractivity contribution in [2.75, 3.05) is 7.11 Å². The van der Waals surface area contributed by atoms with E-state index in [1.807, 2.05) is 85.3 Å². The zero-order chi connectivity index (χ0) is 22.0. The monoisotopic (exact) mass is 474 g/mol. The number of allylic oxidation sites excluding steroid dienone is 1. The third-order valence-corrected chi connectivity index (χ3v) is 6.53. The number of halogens is 1. The number of methoxy groups -OCH3 is 1. The topological polar surface area (TPSA) is 44.1 Å². The molecule has 0 unspecified atom stereocenters. The van der Waals surface area contributed by atoms with Crippen molar-refractivity contribution in [1.29, 1.82) is 0 Å². The minimum absolute atomic E-state index is 0.0226. The van der Waals surface area contributed by atoms with Crippen LogP contribution in [0.25, 0.3) is 16.8 Å². The van der Waals surface area contributed by atoms with Gasteiger partial charge < -0.3 is 4.74 Å². The van der Waals surface area contributed by atoms with Crippen LogP contribution < -0.4 is 4.74 Å². The first-order valence-corrected chi connectivity index (χ1v) is 10.8. The third-order valence-electron chi connectivity index (χ3n) is 5.38. The van der Waals surface area contributed by atoms with Gasteiger partial charge in [-0.25, -0.2) is 0 Å². The molecule has 0 saturated heterocycles. The van der Waals surface area contributed by atoms with Crippen LogP contribution in [0.15, 0.2) is 71.2 Å². The van der Waals surface area contributed by atoms with Crippen LogP contribution in [0.2, 0.25) is 0 Å².